The van der Waals surface area contributed by atoms with Crippen LogP contribution >= 0.6 is 0 Å². The van der Waals surface area contributed by atoms with Crippen molar-refractivity contribution in [3.05, 3.63) is 35.6 Å². The summed E-state index contributed by atoms with van der Waals surface area (Å²) in [6, 6.07) is 8.19. The molecule has 0 saturated heterocycles. The lowest BCUT2D eigenvalue weighted by Gasteiger charge is -2.34. The van der Waals surface area contributed by atoms with Crippen molar-refractivity contribution in [3.63, 3.8) is 0 Å². The molecule has 1 saturated carbocycles. The van der Waals surface area contributed by atoms with E-state index in [9.17, 15) is 5.11 Å². The summed E-state index contributed by atoms with van der Waals surface area (Å²) in [5.41, 5.74) is 1.35. The van der Waals surface area contributed by atoms with Gasteiger partial charge in [-0.2, -0.15) is 0 Å². The summed E-state index contributed by atoms with van der Waals surface area (Å²) in [5.74, 6) is 1.37. The molecule has 0 spiro atoms. The molecule has 1 fully saturated rings. The van der Waals surface area contributed by atoms with Crippen molar-refractivity contribution in [3.8, 4) is 0 Å². The van der Waals surface area contributed by atoms with Crippen molar-refractivity contribution >= 4 is 11.0 Å². The Morgan fingerprint density at radius 2 is 2.21 bits per heavy atom. The van der Waals surface area contributed by atoms with Crippen LogP contribution in [-0.2, 0) is 5.60 Å². The first-order chi connectivity index (χ1) is 9.10. The number of rotatable bonds is 2. The number of hydrogen-bond donors (Lipinski definition) is 1. The minimum Gasteiger partial charge on any atom is -0.458 e. The van der Waals surface area contributed by atoms with E-state index < -0.39 is 5.60 Å². The molecule has 19 heavy (non-hydrogen) atoms. The number of hydrogen-bond acceptors (Lipinski definition) is 2. The second-order valence-corrected chi connectivity index (χ2v) is 6.05. The van der Waals surface area contributed by atoms with Gasteiger partial charge in [-0.05, 0) is 50.3 Å². The third-order valence-corrected chi connectivity index (χ3v) is 4.54. The highest BCUT2D eigenvalue weighted by Crippen LogP contribution is 2.42. The maximum Gasteiger partial charge on any atom is 0.136 e. The zero-order valence-electron chi connectivity index (χ0n) is 11.8. The van der Waals surface area contributed by atoms with Gasteiger partial charge in [0.25, 0.3) is 0 Å². The standard InChI is InChI=1S/C17H22O2/c1-3-13-5-4-8-17(18,11-13)16-10-14-9-12(2)6-7-15(14)19-16/h6-7,9-10,13,18H,3-5,8,11H2,1-2H3. The number of benzene rings is 1. The van der Waals surface area contributed by atoms with E-state index in [1.165, 1.54) is 12.0 Å². The van der Waals surface area contributed by atoms with E-state index in [0.29, 0.717) is 5.92 Å². The summed E-state index contributed by atoms with van der Waals surface area (Å²) in [5, 5.41) is 12.0. The quantitative estimate of drug-likeness (QED) is 0.858. The minimum absolute atomic E-state index is 0.619. The molecule has 1 aromatic heterocycles. The Morgan fingerprint density at radius 1 is 1.37 bits per heavy atom. The van der Waals surface area contributed by atoms with Crippen molar-refractivity contribution < 1.29 is 9.52 Å². The average Bonchev–Trinajstić information content (AvgIpc) is 2.82. The van der Waals surface area contributed by atoms with Crippen LogP contribution in [0.2, 0.25) is 0 Å². The zero-order chi connectivity index (χ0) is 13.5. The van der Waals surface area contributed by atoms with Crippen LogP contribution in [0, 0.1) is 12.8 Å². The van der Waals surface area contributed by atoms with Gasteiger partial charge in [0.05, 0.1) is 0 Å². The number of fused-ring (bicyclic) bond motifs is 1. The lowest BCUT2D eigenvalue weighted by atomic mass is 9.76. The molecule has 2 unspecified atom stereocenters. The van der Waals surface area contributed by atoms with Gasteiger partial charge < -0.3 is 9.52 Å². The zero-order valence-corrected chi connectivity index (χ0v) is 11.8. The Balaban J connectivity index is 1.98. The molecule has 2 heteroatoms. The van der Waals surface area contributed by atoms with Crippen LogP contribution in [0.1, 0.15) is 50.4 Å². The number of aryl methyl sites for hydroxylation is 1. The SMILES string of the molecule is CCC1CCCC(O)(c2cc3cc(C)ccc3o2)C1. The van der Waals surface area contributed by atoms with Crippen molar-refractivity contribution in [1.29, 1.82) is 0 Å². The molecule has 0 aliphatic heterocycles. The molecule has 1 heterocycles. The maximum absolute atomic E-state index is 10.9. The second kappa shape index (κ2) is 4.68. The number of aliphatic hydroxyl groups is 1. The first-order valence-corrected chi connectivity index (χ1v) is 7.34. The molecule has 2 atom stereocenters. The molecule has 1 aliphatic rings. The highest BCUT2D eigenvalue weighted by Gasteiger charge is 2.38. The van der Waals surface area contributed by atoms with Gasteiger partial charge in [-0.1, -0.05) is 31.4 Å². The summed E-state index contributed by atoms with van der Waals surface area (Å²) < 4.78 is 5.91. The van der Waals surface area contributed by atoms with Crippen LogP contribution in [0.5, 0.6) is 0 Å². The van der Waals surface area contributed by atoms with Crippen LogP contribution in [0.4, 0.5) is 0 Å². The normalized spacial score (nSPS) is 27.8. The molecular formula is C17H22O2. The summed E-state index contributed by atoms with van der Waals surface area (Å²) >= 11 is 0. The van der Waals surface area contributed by atoms with Crippen LogP contribution in [0.15, 0.2) is 28.7 Å². The largest absolute Gasteiger partial charge is 0.458 e. The van der Waals surface area contributed by atoms with Gasteiger partial charge in [-0.25, -0.2) is 0 Å². The van der Waals surface area contributed by atoms with E-state index in [1.54, 1.807) is 0 Å². The fourth-order valence-electron chi connectivity index (χ4n) is 3.33. The molecule has 2 aromatic rings. The molecule has 1 aromatic carbocycles. The monoisotopic (exact) mass is 258 g/mol. The molecule has 2 nitrogen and oxygen atoms in total. The van der Waals surface area contributed by atoms with Crippen LogP contribution in [0.3, 0.4) is 0 Å². The van der Waals surface area contributed by atoms with Gasteiger partial charge in [0, 0.05) is 5.39 Å². The molecule has 0 bridgehead atoms. The molecular weight excluding hydrogens is 236 g/mol. The first-order valence-electron chi connectivity index (χ1n) is 7.34. The van der Waals surface area contributed by atoms with Gasteiger partial charge in [-0.3, -0.25) is 0 Å². The van der Waals surface area contributed by atoms with Crippen LogP contribution in [0.25, 0.3) is 11.0 Å². The topological polar surface area (TPSA) is 33.4 Å². The smallest absolute Gasteiger partial charge is 0.136 e. The summed E-state index contributed by atoms with van der Waals surface area (Å²) in [4.78, 5) is 0. The summed E-state index contributed by atoms with van der Waals surface area (Å²) in [6.45, 7) is 4.28. The van der Waals surface area contributed by atoms with E-state index in [-0.39, 0.29) is 0 Å². The Kier molecular flexibility index (Phi) is 3.14. The van der Waals surface area contributed by atoms with Gasteiger partial charge in [-0.15, -0.1) is 0 Å². The fraction of sp³-hybridized carbons (Fsp3) is 0.529. The van der Waals surface area contributed by atoms with E-state index in [0.717, 1.165) is 42.4 Å². The summed E-state index contributed by atoms with van der Waals surface area (Å²) in [6.07, 6.45) is 5.12. The minimum atomic E-state index is -0.758. The van der Waals surface area contributed by atoms with Gasteiger partial charge in [0.2, 0.25) is 0 Å². The van der Waals surface area contributed by atoms with E-state index in [2.05, 4.69) is 26.0 Å². The Labute approximate surface area is 114 Å². The summed E-state index contributed by atoms with van der Waals surface area (Å²) in [7, 11) is 0. The van der Waals surface area contributed by atoms with Crippen molar-refractivity contribution in [1.82, 2.24) is 0 Å². The first kappa shape index (κ1) is 12.7. The predicted molar refractivity (Wildman–Crippen MR) is 77.1 cm³/mol. The Hall–Kier alpha value is -1.28. The van der Waals surface area contributed by atoms with E-state index in [1.807, 2.05) is 12.1 Å². The van der Waals surface area contributed by atoms with Crippen molar-refractivity contribution in [2.45, 2.75) is 51.6 Å². The van der Waals surface area contributed by atoms with Crippen LogP contribution < -0.4 is 0 Å². The number of furan rings is 1. The van der Waals surface area contributed by atoms with Crippen molar-refractivity contribution in [2.75, 3.05) is 0 Å². The molecule has 1 N–H and O–H groups in total. The fourth-order valence-corrected chi connectivity index (χ4v) is 3.33. The van der Waals surface area contributed by atoms with E-state index in [4.69, 9.17) is 4.42 Å². The van der Waals surface area contributed by atoms with Gasteiger partial charge in [0.15, 0.2) is 0 Å². The van der Waals surface area contributed by atoms with Gasteiger partial charge >= 0.3 is 0 Å². The predicted octanol–water partition coefficient (Wildman–Crippen LogP) is 4.53. The highest BCUT2D eigenvalue weighted by atomic mass is 16.4. The average molecular weight is 258 g/mol. The van der Waals surface area contributed by atoms with Crippen LogP contribution in [-0.4, -0.2) is 5.11 Å². The third kappa shape index (κ3) is 2.30. The third-order valence-electron chi connectivity index (χ3n) is 4.54. The maximum atomic E-state index is 10.9. The van der Waals surface area contributed by atoms with Crippen molar-refractivity contribution in [2.24, 2.45) is 5.92 Å². The van der Waals surface area contributed by atoms with Gasteiger partial charge in [0.1, 0.15) is 16.9 Å². The second-order valence-electron chi connectivity index (χ2n) is 6.05. The highest BCUT2D eigenvalue weighted by molar-refractivity contribution is 5.78. The molecule has 1 aliphatic carbocycles. The lowest BCUT2D eigenvalue weighted by molar-refractivity contribution is -0.0379. The Morgan fingerprint density at radius 3 is 3.00 bits per heavy atom. The lowest BCUT2D eigenvalue weighted by Crippen LogP contribution is -2.32. The molecule has 0 amide bonds. The molecule has 3 rings (SSSR count). The van der Waals surface area contributed by atoms with E-state index >= 15 is 0 Å². The molecule has 0 radical (unpaired) electrons. The molecule has 102 valence electrons. The Bertz CT molecular complexity index is 584.